The molecule has 0 unspecified atom stereocenters. The molecule has 0 aliphatic rings. The van der Waals surface area contributed by atoms with Gasteiger partial charge in [-0.1, -0.05) is 19.1 Å². The Labute approximate surface area is 179 Å². The Hall–Kier alpha value is -3.88. The lowest BCUT2D eigenvalue weighted by Gasteiger charge is -2.12. The van der Waals surface area contributed by atoms with Crippen LogP contribution >= 0.6 is 0 Å². The Morgan fingerprint density at radius 2 is 1.94 bits per heavy atom. The first kappa shape index (κ1) is 21.8. The van der Waals surface area contributed by atoms with Gasteiger partial charge < -0.3 is 9.47 Å². The normalized spacial score (nSPS) is 10.5. The molecule has 0 saturated carbocycles. The molecule has 0 saturated heterocycles. The molecule has 2 N–H and O–H groups in total. The summed E-state index contributed by atoms with van der Waals surface area (Å²) in [5, 5.41) is 0.428. The van der Waals surface area contributed by atoms with Gasteiger partial charge in [0.25, 0.3) is 17.4 Å². The number of carbonyl (C=O) groups excluding carboxylic acids is 2. The summed E-state index contributed by atoms with van der Waals surface area (Å²) in [6.07, 6.45) is 2.16. The SMILES string of the molecule is CCCOc1ccc(C(=O)NNC(=O)Cn2cnc3c(C)cccc3c2=O)cc1OC. The number of fused-ring (bicyclic) bond motifs is 1. The average Bonchev–Trinajstić information content (AvgIpc) is 2.78. The lowest BCUT2D eigenvalue weighted by atomic mass is 10.1. The average molecular weight is 424 g/mol. The number of methoxy groups -OCH3 is 1. The van der Waals surface area contributed by atoms with Crippen molar-refractivity contribution in [3.63, 3.8) is 0 Å². The van der Waals surface area contributed by atoms with E-state index in [1.165, 1.54) is 24.1 Å². The summed E-state index contributed by atoms with van der Waals surface area (Å²) in [5.41, 5.74) is 6.05. The van der Waals surface area contributed by atoms with Gasteiger partial charge in [0.05, 0.1) is 30.9 Å². The smallest absolute Gasteiger partial charge is 0.269 e. The summed E-state index contributed by atoms with van der Waals surface area (Å²) in [6, 6.07) is 10.0. The van der Waals surface area contributed by atoms with Crippen LogP contribution in [0.25, 0.3) is 10.9 Å². The summed E-state index contributed by atoms with van der Waals surface area (Å²) in [5.74, 6) is -0.160. The van der Waals surface area contributed by atoms with Crippen LogP contribution in [-0.2, 0) is 11.3 Å². The minimum Gasteiger partial charge on any atom is -0.493 e. The number of carbonyl (C=O) groups is 2. The zero-order chi connectivity index (χ0) is 22.4. The third-order valence-electron chi connectivity index (χ3n) is 4.57. The molecule has 0 bridgehead atoms. The number of aromatic nitrogens is 2. The van der Waals surface area contributed by atoms with Gasteiger partial charge in [0.15, 0.2) is 11.5 Å². The van der Waals surface area contributed by atoms with Crippen LogP contribution in [0.15, 0.2) is 47.5 Å². The van der Waals surface area contributed by atoms with Gasteiger partial charge in [0.1, 0.15) is 6.54 Å². The van der Waals surface area contributed by atoms with E-state index in [9.17, 15) is 14.4 Å². The topological polar surface area (TPSA) is 112 Å². The molecular weight excluding hydrogens is 400 g/mol. The van der Waals surface area contributed by atoms with E-state index >= 15 is 0 Å². The molecule has 0 aliphatic carbocycles. The summed E-state index contributed by atoms with van der Waals surface area (Å²) >= 11 is 0. The molecule has 3 rings (SSSR count). The number of hydrogen-bond acceptors (Lipinski definition) is 6. The van der Waals surface area contributed by atoms with Crippen molar-refractivity contribution >= 4 is 22.7 Å². The maximum atomic E-state index is 12.6. The van der Waals surface area contributed by atoms with Gasteiger partial charge in [0, 0.05) is 5.56 Å². The molecule has 0 radical (unpaired) electrons. The van der Waals surface area contributed by atoms with Crippen molar-refractivity contribution in [3.8, 4) is 11.5 Å². The third kappa shape index (κ3) is 5.00. The standard InChI is InChI=1S/C22H24N4O5/c1-4-10-31-17-9-8-15(11-18(17)30-3)21(28)25-24-19(27)12-26-13-23-20-14(2)6-5-7-16(20)22(26)29/h5-9,11,13H,4,10,12H2,1-3H3,(H,24,27)(H,25,28). The Morgan fingerprint density at radius 3 is 2.68 bits per heavy atom. The van der Waals surface area contributed by atoms with Crippen LogP contribution in [0.3, 0.4) is 0 Å². The monoisotopic (exact) mass is 424 g/mol. The highest BCUT2D eigenvalue weighted by Gasteiger charge is 2.13. The molecule has 1 heterocycles. The number of ether oxygens (including phenoxy) is 2. The van der Waals surface area contributed by atoms with E-state index in [2.05, 4.69) is 15.8 Å². The fourth-order valence-corrected chi connectivity index (χ4v) is 2.98. The van der Waals surface area contributed by atoms with Crippen LogP contribution in [0, 0.1) is 6.92 Å². The summed E-state index contributed by atoms with van der Waals surface area (Å²) in [4.78, 5) is 41.5. The molecule has 0 aliphatic heterocycles. The Bertz CT molecular complexity index is 1170. The third-order valence-corrected chi connectivity index (χ3v) is 4.57. The number of aryl methyl sites for hydroxylation is 1. The Kier molecular flexibility index (Phi) is 6.86. The second-order valence-corrected chi connectivity index (χ2v) is 6.87. The van der Waals surface area contributed by atoms with Crippen LogP contribution in [0.1, 0.15) is 29.3 Å². The first-order chi connectivity index (χ1) is 14.9. The van der Waals surface area contributed by atoms with Crippen LogP contribution in [-0.4, -0.2) is 35.1 Å². The van der Waals surface area contributed by atoms with Crippen LogP contribution in [0.5, 0.6) is 11.5 Å². The largest absolute Gasteiger partial charge is 0.493 e. The van der Waals surface area contributed by atoms with Crippen molar-refractivity contribution < 1.29 is 19.1 Å². The fraction of sp³-hybridized carbons (Fsp3) is 0.273. The number of benzene rings is 2. The summed E-state index contributed by atoms with van der Waals surface area (Å²) in [7, 11) is 1.48. The molecule has 1 aromatic heterocycles. The molecule has 9 nitrogen and oxygen atoms in total. The minimum absolute atomic E-state index is 0.279. The van der Waals surface area contributed by atoms with E-state index in [0.717, 1.165) is 12.0 Å². The van der Waals surface area contributed by atoms with Crippen molar-refractivity contribution in [2.45, 2.75) is 26.8 Å². The van der Waals surface area contributed by atoms with Crippen molar-refractivity contribution in [2.75, 3.05) is 13.7 Å². The molecule has 0 fully saturated rings. The molecular formula is C22H24N4O5. The van der Waals surface area contributed by atoms with Crippen molar-refractivity contribution in [2.24, 2.45) is 0 Å². The molecule has 3 aromatic rings. The van der Waals surface area contributed by atoms with Gasteiger partial charge in [-0.2, -0.15) is 0 Å². The number of rotatable bonds is 7. The lowest BCUT2D eigenvalue weighted by Crippen LogP contribution is -2.44. The number of hydrogen-bond donors (Lipinski definition) is 2. The number of amides is 2. The summed E-state index contributed by atoms with van der Waals surface area (Å²) < 4.78 is 12.0. The van der Waals surface area contributed by atoms with E-state index in [0.29, 0.717) is 29.0 Å². The molecule has 0 atom stereocenters. The maximum Gasteiger partial charge on any atom is 0.269 e. The number of nitrogens with zero attached hydrogens (tertiary/aromatic N) is 2. The fourth-order valence-electron chi connectivity index (χ4n) is 2.98. The number of para-hydroxylation sites is 1. The van der Waals surface area contributed by atoms with Crippen molar-refractivity contribution in [1.29, 1.82) is 0 Å². The highest BCUT2D eigenvalue weighted by Crippen LogP contribution is 2.28. The first-order valence-electron chi connectivity index (χ1n) is 9.79. The predicted octanol–water partition coefficient (Wildman–Crippen LogP) is 1.96. The predicted molar refractivity (Wildman–Crippen MR) is 115 cm³/mol. The van der Waals surface area contributed by atoms with Gasteiger partial charge in [-0.15, -0.1) is 0 Å². The van der Waals surface area contributed by atoms with Crippen LogP contribution < -0.4 is 25.9 Å². The highest BCUT2D eigenvalue weighted by atomic mass is 16.5. The lowest BCUT2D eigenvalue weighted by molar-refractivity contribution is -0.122. The highest BCUT2D eigenvalue weighted by molar-refractivity contribution is 5.96. The van der Waals surface area contributed by atoms with Crippen LogP contribution in [0.2, 0.25) is 0 Å². The van der Waals surface area contributed by atoms with Gasteiger partial charge >= 0.3 is 0 Å². The Morgan fingerprint density at radius 1 is 1.13 bits per heavy atom. The van der Waals surface area contributed by atoms with Gasteiger partial charge in [0.2, 0.25) is 0 Å². The first-order valence-corrected chi connectivity index (χ1v) is 9.79. The maximum absolute atomic E-state index is 12.6. The van der Waals surface area contributed by atoms with Crippen LogP contribution in [0.4, 0.5) is 0 Å². The minimum atomic E-state index is -0.570. The zero-order valence-electron chi connectivity index (χ0n) is 17.6. The van der Waals surface area contributed by atoms with E-state index < -0.39 is 11.8 Å². The van der Waals surface area contributed by atoms with E-state index in [-0.39, 0.29) is 17.7 Å². The van der Waals surface area contributed by atoms with E-state index in [1.54, 1.807) is 24.3 Å². The molecule has 2 amide bonds. The number of nitrogens with one attached hydrogen (secondary N) is 2. The van der Waals surface area contributed by atoms with E-state index in [4.69, 9.17) is 9.47 Å². The van der Waals surface area contributed by atoms with E-state index in [1.807, 2.05) is 19.9 Å². The van der Waals surface area contributed by atoms with Gasteiger partial charge in [-0.05, 0) is 43.2 Å². The molecule has 2 aromatic carbocycles. The van der Waals surface area contributed by atoms with Gasteiger partial charge in [-0.3, -0.25) is 29.8 Å². The van der Waals surface area contributed by atoms with Gasteiger partial charge in [-0.25, -0.2) is 4.98 Å². The zero-order valence-corrected chi connectivity index (χ0v) is 17.6. The Balaban J connectivity index is 1.64. The van der Waals surface area contributed by atoms with Crippen molar-refractivity contribution in [3.05, 3.63) is 64.2 Å². The second kappa shape index (κ2) is 9.75. The quantitative estimate of drug-likeness (QED) is 0.561. The van der Waals surface area contributed by atoms with Crippen molar-refractivity contribution in [1.82, 2.24) is 20.4 Å². The molecule has 0 spiro atoms. The molecule has 31 heavy (non-hydrogen) atoms. The summed E-state index contributed by atoms with van der Waals surface area (Å²) in [6.45, 7) is 4.09. The molecule has 162 valence electrons. The second-order valence-electron chi connectivity index (χ2n) is 6.87. The number of hydrazine groups is 1. The molecule has 9 heteroatoms.